The summed E-state index contributed by atoms with van der Waals surface area (Å²) in [7, 11) is 0. The lowest BCUT2D eigenvalue weighted by Crippen LogP contribution is -2.42. The molecule has 2 aliphatic rings. The summed E-state index contributed by atoms with van der Waals surface area (Å²) in [6, 6.07) is 18.2. The number of rotatable bonds is 7. The van der Waals surface area contributed by atoms with E-state index in [1.165, 1.54) is 0 Å². The quantitative estimate of drug-likeness (QED) is 0.603. The lowest BCUT2D eigenvalue weighted by molar-refractivity contribution is -0.133. The molecule has 192 valence electrons. The molecule has 2 saturated heterocycles. The van der Waals surface area contributed by atoms with E-state index in [1.807, 2.05) is 47.4 Å². The maximum atomic E-state index is 13.3. The summed E-state index contributed by atoms with van der Waals surface area (Å²) < 4.78 is 11.9. The van der Waals surface area contributed by atoms with E-state index in [1.54, 1.807) is 13.8 Å². The van der Waals surface area contributed by atoms with Crippen molar-refractivity contribution in [1.29, 1.82) is 0 Å². The van der Waals surface area contributed by atoms with E-state index in [9.17, 15) is 9.90 Å². The Morgan fingerprint density at radius 1 is 1.03 bits per heavy atom. The van der Waals surface area contributed by atoms with Crippen LogP contribution >= 0.6 is 0 Å². The van der Waals surface area contributed by atoms with Crippen LogP contribution in [0.3, 0.4) is 0 Å². The minimum Gasteiger partial charge on any atom is -0.381 e. The number of nitrogens with zero attached hydrogens (tertiary/aromatic N) is 2. The fraction of sp³-hybridized carbons (Fsp3) is 0.500. The first-order valence-electron chi connectivity index (χ1n) is 12.9. The molecule has 0 aromatic heterocycles. The molecule has 1 atom stereocenters. The predicted molar refractivity (Wildman–Crippen MR) is 140 cm³/mol. The first-order chi connectivity index (χ1) is 17.3. The van der Waals surface area contributed by atoms with Gasteiger partial charge in [0.1, 0.15) is 5.60 Å². The van der Waals surface area contributed by atoms with Gasteiger partial charge in [0.25, 0.3) is 0 Å². The maximum Gasteiger partial charge on any atom is 0.236 e. The van der Waals surface area contributed by atoms with E-state index in [-0.39, 0.29) is 12.0 Å². The summed E-state index contributed by atoms with van der Waals surface area (Å²) in [6.45, 7) is 8.58. The SMILES string of the molecule is CC(C)(O)C#Cc1ccc(CN2CC(=O)N(CC3CCOCC3)CC(OCc3ccccc3)C2)cc1. The number of carbonyl (C=O) groups is 1. The second-order valence-electron chi connectivity index (χ2n) is 10.4. The molecule has 2 aliphatic heterocycles. The van der Waals surface area contributed by atoms with Crippen molar-refractivity contribution in [3.05, 3.63) is 71.3 Å². The third-order valence-electron chi connectivity index (χ3n) is 6.62. The Labute approximate surface area is 215 Å². The van der Waals surface area contributed by atoms with Crippen molar-refractivity contribution in [3.63, 3.8) is 0 Å². The van der Waals surface area contributed by atoms with Gasteiger partial charge in [-0.3, -0.25) is 9.69 Å². The molecule has 6 heteroatoms. The molecule has 0 aliphatic carbocycles. The van der Waals surface area contributed by atoms with E-state index >= 15 is 0 Å². The Hall–Kier alpha value is -2.69. The van der Waals surface area contributed by atoms with Gasteiger partial charge in [0.2, 0.25) is 5.91 Å². The normalized spacial score (nSPS) is 20.0. The average molecular weight is 491 g/mol. The van der Waals surface area contributed by atoms with Gasteiger partial charge in [-0.15, -0.1) is 0 Å². The van der Waals surface area contributed by atoms with Crippen LogP contribution in [0.5, 0.6) is 0 Å². The van der Waals surface area contributed by atoms with Crippen LogP contribution in [0.25, 0.3) is 0 Å². The van der Waals surface area contributed by atoms with Crippen molar-refractivity contribution in [1.82, 2.24) is 9.80 Å². The summed E-state index contributed by atoms with van der Waals surface area (Å²) in [5.41, 5.74) is 2.10. The Morgan fingerprint density at radius 3 is 2.44 bits per heavy atom. The first kappa shape index (κ1) is 26.4. The molecule has 2 heterocycles. The van der Waals surface area contributed by atoms with E-state index in [0.717, 1.165) is 49.3 Å². The van der Waals surface area contributed by atoms with Crippen LogP contribution < -0.4 is 0 Å². The third kappa shape index (κ3) is 8.46. The molecule has 0 radical (unpaired) electrons. The van der Waals surface area contributed by atoms with Gasteiger partial charge in [0.05, 0.1) is 19.3 Å². The number of amides is 1. The number of benzene rings is 2. The van der Waals surface area contributed by atoms with Crippen molar-refractivity contribution < 1.29 is 19.4 Å². The Bertz CT molecular complexity index is 1030. The number of ether oxygens (including phenoxy) is 2. The smallest absolute Gasteiger partial charge is 0.236 e. The lowest BCUT2D eigenvalue weighted by Gasteiger charge is -2.30. The van der Waals surface area contributed by atoms with Crippen molar-refractivity contribution in [2.45, 2.75) is 51.5 Å². The van der Waals surface area contributed by atoms with Gasteiger partial charge < -0.3 is 19.5 Å². The molecule has 1 amide bonds. The number of hydrogen-bond donors (Lipinski definition) is 1. The summed E-state index contributed by atoms with van der Waals surface area (Å²) >= 11 is 0. The molecule has 36 heavy (non-hydrogen) atoms. The predicted octanol–water partition coefficient (Wildman–Crippen LogP) is 3.47. The molecular weight excluding hydrogens is 452 g/mol. The first-order valence-corrected chi connectivity index (χ1v) is 12.9. The second-order valence-corrected chi connectivity index (χ2v) is 10.4. The molecule has 2 fully saturated rings. The van der Waals surface area contributed by atoms with E-state index in [2.05, 4.69) is 28.9 Å². The minimum atomic E-state index is -1.02. The highest BCUT2D eigenvalue weighted by Crippen LogP contribution is 2.20. The summed E-state index contributed by atoms with van der Waals surface area (Å²) in [5.74, 6) is 6.51. The number of aliphatic hydroxyl groups is 1. The fourth-order valence-corrected chi connectivity index (χ4v) is 4.66. The highest BCUT2D eigenvalue weighted by Gasteiger charge is 2.30. The minimum absolute atomic E-state index is 0.0616. The molecule has 4 rings (SSSR count). The van der Waals surface area contributed by atoms with Crippen LogP contribution in [0, 0.1) is 17.8 Å². The summed E-state index contributed by atoms with van der Waals surface area (Å²) in [4.78, 5) is 17.5. The topological polar surface area (TPSA) is 62.2 Å². The van der Waals surface area contributed by atoms with Gasteiger partial charge in [-0.05, 0) is 55.9 Å². The van der Waals surface area contributed by atoms with Crippen LogP contribution in [0.15, 0.2) is 54.6 Å². The Balaban J connectivity index is 1.43. The largest absolute Gasteiger partial charge is 0.381 e. The van der Waals surface area contributed by atoms with E-state index in [0.29, 0.717) is 38.7 Å². The zero-order chi connectivity index (χ0) is 25.4. The van der Waals surface area contributed by atoms with Gasteiger partial charge in [0.15, 0.2) is 0 Å². The van der Waals surface area contributed by atoms with Crippen molar-refractivity contribution in [2.24, 2.45) is 5.92 Å². The van der Waals surface area contributed by atoms with Crippen LogP contribution in [0.2, 0.25) is 0 Å². The van der Waals surface area contributed by atoms with Gasteiger partial charge in [-0.2, -0.15) is 0 Å². The number of hydrogen-bond acceptors (Lipinski definition) is 5. The second kappa shape index (κ2) is 12.5. The molecule has 2 aromatic carbocycles. The maximum absolute atomic E-state index is 13.3. The third-order valence-corrected chi connectivity index (χ3v) is 6.62. The number of carbonyl (C=O) groups excluding carboxylic acids is 1. The monoisotopic (exact) mass is 490 g/mol. The lowest BCUT2D eigenvalue weighted by atomic mass is 9.99. The van der Waals surface area contributed by atoms with Crippen LogP contribution in [-0.2, 0) is 27.4 Å². The van der Waals surface area contributed by atoms with Gasteiger partial charge in [-0.1, -0.05) is 54.3 Å². The van der Waals surface area contributed by atoms with Crippen molar-refractivity contribution >= 4 is 5.91 Å². The molecule has 6 nitrogen and oxygen atoms in total. The van der Waals surface area contributed by atoms with Gasteiger partial charge in [0, 0.05) is 45.0 Å². The Morgan fingerprint density at radius 2 is 1.75 bits per heavy atom. The standard InChI is InChI=1S/C30H38N2O4/c1-30(2,34)15-12-24-8-10-25(11-9-24)18-31-20-28(36-23-27-6-4-3-5-7-27)21-32(29(33)22-31)19-26-13-16-35-17-14-26/h3-11,26,28,34H,13-14,16-23H2,1-2H3. The zero-order valence-corrected chi connectivity index (χ0v) is 21.5. The van der Waals surface area contributed by atoms with Crippen LogP contribution in [0.4, 0.5) is 0 Å². The van der Waals surface area contributed by atoms with E-state index < -0.39 is 5.60 Å². The summed E-state index contributed by atoms with van der Waals surface area (Å²) in [5, 5.41) is 9.83. The molecule has 2 aromatic rings. The molecule has 0 bridgehead atoms. The molecular formula is C30H38N2O4. The molecule has 0 spiro atoms. The van der Waals surface area contributed by atoms with Gasteiger partial charge in [-0.25, -0.2) is 0 Å². The Kier molecular flexibility index (Phi) is 9.17. The highest BCUT2D eigenvalue weighted by atomic mass is 16.5. The molecule has 1 unspecified atom stereocenters. The van der Waals surface area contributed by atoms with Crippen molar-refractivity contribution in [3.8, 4) is 11.8 Å². The zero-order valence-electron chi connectivity index (χ0n) is 21.5. The van der Waals surface area contributed by atoms with Gasteiger partial charge >= 0.3 is 0 Å². The fourth-order valence-electron chi connectivity index (χ4n) is 4.66. The van der Waals surface area contributed by atoms with Crippen LogP contribution in [0.1, 0.15) is 43.4 Å². The molecule has 0 saturated carbocycles. The summed E-state index contributed by atoms with van der Waals surface area (Å²) in [6.07, 6.45) is 1.95. The van der Waals surface area contributed by atoms with E-state index in [4.69, 9.17) is 9.47 Å². The van der Waals surface area contributed by atoms with Crippen molar-refractivity contribution in [2.75, 3.05) is 39.4 Å². The highest BCUT2D eigenvalue weighted by molar-refractivity contribution is 5.78. The average Bonchev–Trinajstić information content (AvgIpc) is 3.01. The van der Waals surface area contributed by atoms with Crippen LogP contribution in [-0.4, -0.2) is 71.9 Å². The molecule has 1 N–H and O–H groups in total.